The predicted octanol–water partition coefficient (Wildman–Crippen LogP) is 23.3. The second kappa shape index (κ2) is 68.5. The van der Waals surface area contributed by atoms with Gasteiger partial charge in [-0.05, 0) is 148 Å². The summed E-state index contributed by atoms with van der Waals surface area (Å²) in [7, 11) is 0. The van der Waals surface area contributed by atoms with Crippen LogP contribution in [-0.2, 0) is 28.6 Å². The topological polar surface area (TPSA) is 78.9 Å². The lowest BCUT2D eigenvalue weighted by Gasteiger charge is -2.18. The van der Waals surface area contributed by atoms with Crippen molar-refractivity contribution in [2.24, 2.45) is 0 Å². The normalized spacial score (nSPS) is 13.2. The van der Waals surface area contributed by atoms with Crippen LogP contribution >= 0.6 is 0 Å². The van der Waals surface area contributed by atoms with Crippen LogP contribution in [0.5, 0.6) is 0 Å². The molecule has 0 aromatic rings. The van der Waals surface area contributed by atoms with Crippen LogP contribution in [0.1, 0.15) is 284 Å². The maximum absolute atomic E-state index is 12.9. The van der Waals surface area contributed by atoms with Gasteiger partial charge in [0.2, 0.25) is 0 Å². The number of hydrogen-bond acceptors (Lipinski definition) is 6. The first-order valence-corrected chi connectivity index (χ1v) is 33.5. The summed E-state index contributed by atoms with van der Waals surface area (Å²) in [5.41, 5.74) is 0. The van der Waals surface area contributed by atoms with Gasteiger partial charge in [0.05, 0.1) is 0 Å². The fourth-order valence-electron chi connectivity index (χ4n) is 8.74. The van der Waals surface area contributed by atoms with E-state index in [2.05, 4.69) is 179 Å². The molecule has 0 heterocycles. The molecule has 0 aliphatic rings. The molecule has 0 radical (unpaired) electrons. The Hall–Kier alpha value is -4.97. The molecule has 0 N–H and O–H groups in total. The molecule has 0 aromatic carbocycles. The Kier molecular flexibility index (Phi) is 64.4. The minimum atomic E-state index is -0.818. The van der Waals surface area contributed by atoms with Crippen LogP contribution in [0, 0.1) is 0 Å². The Labute approximate surface area is 505 Å². The van der Waals surface area contributed by atoms with Gasteiger partial charge in [-0.3, -0.25) is 14.4 Å². The van der Waals surface area contributed by atoms with Crippen molar-refractivity contribution in [2.75, 3.05) is 13.2 Å². The van der Waals surface area contributed by atoms with E-state index >= 15 is 0 Å². The van der Waals surface area contributed by atoms with Crippen LogP contribution in [0.3, 0.4) is 0 Å². The maximum Gasteiger partial charge on any atom is 0.306 e. The number of rotatable bonds is 59. The van der Waals surface area contributed by atoms with E-state index in [-0.39, 0.29) is 37.5 Å². The molecule has 462 valence electrons. The van der Waals surface area contributed by atoms with E-state index in [0.29, 0.717) is 19.3 Å². The summed E-state index contributed by atoms with van der Waals surface area (Å²) < 4.78 is 16.9. The molecule has 1 unspecified atom stereocenters. The van der Waals surface area contributed by atoms with Crippen LogP contribution in [0.15, 0.2) is 158 Å². The van der Waals surface area contributed by atoms with E-state index in [1.54, 1.807) is 0 Å². The van der Waals surface area contributed by atoms with Crippen molar-refractivity contribution < 1.29 is 28.6 Å². The molecule has 0 bridgehead atoms. The van der Waals surface area contributed by atoms with Crippen molar-refractivity contribution in [3.63, 3.8) is 0 Å². The van der Waals surface area contributed by atoms with Crippen LogP contribution in [0.25, 0.3) is 0 Å². The zero-order valence-electron chi connectivity index (χ0n) is 52.9. The lowest BCUT2D eigenvalue weighted by Crippen LogP contribution is -2.30. The highest BCUT2D eigenvalue weighted by atomic mass is 16.6. The minimum absolute atomic E-state index is 0.109. The van der Waals surface area contributed by atoms with Gasteiger partial charge in [0.15, 0.2) is 6.10 Å². The van der Waals surface area contributed by atoms with Crippen LogP contribution in [0.4, 0.5) is 0 Å². The third-order valence-electron chi connectivity index (χ3n) is 13.7. The Morgan fingerprint density at radius 3 is 0.829 bits per heavy atom. The van der Waals surface area contributed by atoms with Crippen molar-refractivity contribution in [1.82, 2.24) is 0 Å². The summed E-state index contributed by atoms with van der Waals surface area (Å²) in [6.45, 7) is 6.43. The Bertz CT molecular complexity index is 1830. The number of allylic oxidation sites excluding steroid dienone is 26. The summed E-state index contributed by atoms with van der Waals surface area (Å²) >= 11 is 0. The number of carbonyl (C=O) groups is 3. The van der Waals surface area contributed by atoms with Crippen molar-refractivity contribution >= 4 is 17.9 Å². The summed E-state index contributed by atoms with van der Waals surface area (Å²) in [5.74, 6) is -0.989. The Morgan fingerprint density at radius 2 is 0.488 bits per heavy atom. The summed E-state index contributed by atoms with van der Waals surface area (Å²) in [5, 5.41) is 0. The number of ether oxygens (including phenoxy) is 3. The van der Waals surface area contributed by atoms with Crippen molar-refractivity contribution in [3.8, 4) is 0 Å². The van der Waals surface area contributed by atoms with Gasteiger partial charge < -0.3 is 14.2 Å². The molecule has 6 nitrogen and oxygen atoms in total. The van der Waals surface area contributed by atoms with E-state index in [9.17, 15) is 14.4 Å². The van der Waals surface area contributed by atoms with Gasteiger partial charge in [0.1, 0.15) is 13.2 Å². The molecule has 0 fully saturated rings. The standard InChI is InChI=1S/C76H122O6/c1-4-7-10-13-16-19-22-25-27-29-31-33-35-36-37-38-39-40-42-43-45-47-49-51-54-57-60-63-66-69-75(78)81-72-73(71-80-74(77)68-65-62-59-56-53-24-21-18-15-12-9-6-3)82-76(79)70-67-64-61-58-55-52-50-48-46-44-41-34-32-30-28-26-23-20-17-14-11-8-5-2/h7,10,16,18-19,21,23,25-27,30-33,36-37,39-41,43-45,49,51,57,60,73H,4-6,8-9,11-15,17,20,22,24,28-29,34-35,38,42,46-48,50,52-56,58-59,61-72H2,1-3H3/b10-7-,19-16-,21-18-,26-23-,27-25-,32-30-,33-31-,37-36-,40-39-,44-41-,45-43-,51-49-,60-57-. The minimum Gasteiger partial charge on any atom is -0.462 e. The molecule has 0 spiro atoms. The molecule has 0 aromatic heterocycles. The summed E-state index contributed by atoms with van der Waals surface area (Å²) in [6.07, 6.45) is 99.7. The molecular weight excluding hydrogens is 1010 g/mol. The highest BCUT2D eigenvalue weighted by molar-refractivity contribution is 5.71. The van der Waals surface area contributed by atoms with Crippen molar-refractivity contribution in [3.05, 3.63) is 158 Å². The molecular formula is C76H122O6. The first-order valence-electron chi connectivity index (χ1n) is 33.5. The average molecular weight is 1130 g/mol. The van der Waals surface area contributed by atoms with Gasteiger partial charge in [-0.2, -0.15) is 0 Å². The van der Waals surface area contributed by atoms with Crippen molar-refractivity contribution in [1.29, 1.82) is 0 Å². The van der Waals surface area contributed by atoms with E-state index in [1.807, 2.05) is 0 Å². The molecule has 82 heavy (non-hydrogen) atoms. The van der Waals surface area contributed by atoms with E-state index in [0.717, 1.165) is 135 Å². The number of unbranched alkanes of at least 4 members (excludes halogenated alkanes) is 22. The molecule has 0 rings (SSSR count). The lowest BCUT2D eigenvalue weighted by molar-refractivity contribution is -0.167. The van der Waals surface area contributed by atoms with E-state index in [4.69, 9.17) is 14.2 Å². The molecule has 0 saturated carbocycles. The largest absolute Gasteiger partial charge is 0.462 e. The number of hydrogen-bond donors (Lipinski definition) is 0. The smallest absolute Gasteiger partial charge is 0.306 e. The van der Waals surface area contributed by atoms with Crippen LogP contribution in [-0.4, -0.2) is 37.2 Å². The SMILES string of the molecule is CC/C=C\C/C=C\C/C=C\C/C=C\C/C=C\C/C=C\C/C=C\C/C=C\C/C=C\CCCC(=O)OCC(COC(=O)CCCCCCC/C=C\CCCCC)OC(=O)CCCCCCCCCC/C=C\C/C=C\C/C=C\CCCCCCC. The van der Waals surface area contributed by atoms with Gasteiger partial charge in [0, 0.05) is 19.3 Å². The molecule has 1 atom stereocenters. The molecule has 0 saturated heterocycles. The molecule has 0 amide bonds. The fraction of sp³-hybridized carbons (Fsp3) is 0.618. The fourth-order valence-corrected chi connectivity index (χ4v) is 8.74. The molecule has 0 aliphatic heterocycles. The van der Waals surface area contributed by atoms with Crippen molar-refractivity contribution in [2.45, 2.75) is 290 Å². The number of esters is 3. The van der Waals surface area contributed by atoms with Crippen LogP contribution < -0.4 is 0 Å². The maximum atomic E-state index is 12.9. The zero-order chi connectivity index (χ0) is 59.2. The lowest BCUT2D eigenvalue weighted by atomic mass is 10.1. The van der Waals surface area contributed by atoms with Gasteiger partial charge in [-0.25, -0.2) is 0 Å². The first-order chi connectivity index (χ1) is 40.5. The quantitative estimate of drug-likeness (QED) is 0.0261. The van der Waals surface area contributed by atoms with E-state index < -0.39 is 6.10 Å². The Balaban J connectivity index is 4.45. The highest BCUT2D eigenvalue weighted by Crippen LogP contribution is 2.14. The van der Waals surface area contributed by atoms with Gasteiger partial charge >= 0.3 is 17.9 Å². The second-order valence-corrected chi connectivity index (χ2v) is 21.6. The predicted molar refractivity (Wildman–Crippen MR) is 357 cm³/mol. The van der Waals surface area contributed by atoms with E-state index in [1.165, 1.54) is 103 Å². The molecule has 6 heteroatoms. The van der Waals surface area contributed by atoms with Crippen LogP contribution in [0.2, 0.25) is 0 Å². The van der Waals surface area contributed by atoms with Gasteiger partial charge in [-0.1, -0.05) is 275 Å². The first kappa shape index (κ1) is 77.0. The highest BCUT2D eigenvalue weighted by Gasteiger charge is 2.19. The number of carbonyl (C=O) groups excluding carboxylic acids is 3. The van der Waals surface area contributed by atoms with Gasteiger partial charge in [0.25, 0.3) is 0 Å². The zero-order valence-corrected chi connectivity index (χ0v) is 52.9. The average Bonchev–Trinajstić information content (AvgIpc) is 3.47. The van der Waals surface area contributed by atoms with Gasteiger partial charge in [-0.15, -0.1) is 0 Å². The monoisotopic (exact) mass is 1130 g/mol. The second-order valence-electron chi connectivity index (χ2n) is 21.6. The Morgan fingerprint density at radius 1 is 0.256 bits per heavy atom. The molecule has 0 aliphatic carbocycles. The summed E-state index contributed by atoms with van der Waals surface area (Å²) in [4.78, 5) is 38.3. The summed E-state index contributed by atoms with van der Waals surface area (Å²) in [6, 6.07) is 0. The third kappa shape index (κ3) is 65.8. The third-order valence-corrected chi connectivity index (χ3v) is 13.7.